The molecule has 2 heteroatoms. The molecule has 2 nitrogen and oxygen atoms in total. The average molecular weight is 677 g/mol. The van der Waals surface area contributed by atoms with Crippen LogP contribution < -0.4 is 5.73 Å². The summed E-state index contributed by atoms with van der Waals surface area (Å²) >= 11 is 0. The van der Waals surface area contributed by atoms with E-state index in [2.05, 4.69) is 134 Å². The van der Waals surface area contributed by atoms with Gasteiger partial charge in [-0.05, 0) is 95.4 Å². The van der Waals surface area contributed by atoms with Crippen LogP contribution in [0.4, 0.5) is 5.69 Å². The van der Waals surface area contributed by atoms with Crippen LogP contribution in [-0.4, -0.2) is 5.71 Å². The van der Waals surface area contributed by atoms with E-state index in [1.807, 2.05) is 54.6 Å². The lowest BCUT2D eigenvalue weighted by atomic mass is 9.68. The fourth-order valence-corrected chi connectivity index (χ4v) is 9.35. The number of anilines is 1. The molecule has 0 saturated heterocycles. The summed E-state index contributed by atoms with van der Waals surface area (Å²) in [7, 11) is 0. The lowest BCUT2D eigenvalue weighted by Gasteiger charge is -2.32. The van der Waals surface area contributed by atoms with Crippen LogP contribution in [0.1, 0.15) is 38.9 Å². The predicted octanol–water partition coefficient (Wildman–Crippen LogP) is 12.5. The molecule has 11 rings (SSSR count). The Labute approximate surface area is 309 Å². The highest BCUT2D eigenvalue weighted by molar-refractivity contribution is 6.21. The molecule has 2 aliphatic carbocycles. The van der Waals surface area contributed by atoms with Crippen molar-refractivity contribution in [1.82, 2.24) is 0 Å². The highest BCUT2D eigenvalue weighted by Gasteiger charge is 2.53. The SMILES string of the molecule is Cc1cc2c(c3ccccc13)C1(c3ccccc3-c3ccccc31)c1c-2c2ccccc2c2ccccc12.N=C(c1ccccc1)c1ccccc1N. The third kappa shape index (κ3) is 4.36. The molecule has 9 aromatic carbocycles. The minimum Gasteiger partial charge on any atom is -0.398 e. The van der Waals surface area contributed by atoms with Crippen molar-refractivity contribution in [2.24, 2.45) is 0 Å². The Kier molecular flexibility index (Phi) is 6.96. The lowest BCUT2D eigenvalue weighted by molar-refractivity contribution is 0.809. The van der Waals surface area contributed by atoms with E-state index in [0.29, 0.717) is 11.4 Å². The van der Waals surface area contributed by atoms with Crippen LogP contribution in [0.25, 0.3) is 54.6 Å². The number of nitrogens with two attached hydrogens (primary N) is 1. The number of hydrogen-bond donors (Lipinski definition) is 2. The summed E-state index contributed by atoms with van der Waals surface area (Å²) in [6.07, 6.45) is 0. The molecule has 1 spiro atoms. The van der Waals surface area contributed by atoms with Crippen molar-refractivity contribution in [3.63, 3.8) is 0 Å². The van der Waals surface area contributed by atoms with Gasteiger partial charge in [0.15, 0.2) is 0 Å². The van der Waals surface area contributed by atoms with E-state index in [0.717, 1.165) is 11.1 Å². The number of nitrogen functional groups attached to an aromatic ring is 1. The van der Waals surface area contributed by atoms with E-state index in [1.165, 1.54) is 82.4 Å². The molecular formula is C51H36N2. The first-order chi connectivity index (χ1) is 26.1. The molecule has 0 heterocycles. The lowest BCUT2D eigenvalue weighted by Crippen LogP contribution is -2.26. The normalized spacial score (nSPS) is 12.9. The zero-order valence-electron chi connectivity index (χ0n) is 29.4. The Morgan fingerprint density at radius 2 is 0.925 bits per heavy atom. The van der Waals surface area contributed by atoms with Crippen molar-refractivity contribution in [3.8, 4) is 22.3 Å². The second kappa shape index (κ2) is 11.9. The van der Waals surface area contributed by atoms with Crippen molar-refractivity contribution in [3.05, 3.63) is 221 Å². The van der Waals surface area contributed by atoms with Crippen LogP contribution in [0.15, 0.2) is 182 Å². The summed E-state index contributed by atoms with van der Waals surface area (Å²) in [6.45, 7) is 2.27. The number of aryl methyl sites for hydroxylation is 1. The molecule has 0 saturated carbocycles. The molecule has 0 atom stereocenters. The Morgan fingerprint density at radius 1 is 0.453 bits per heavy atom. The third-order valence-electron chi connectivity index (χ3n) is 11.4. The maximum atomic E-state index is 8.03. The largest absolute Gasteiger partial charge is 0.398 e. The minimum atomic E-state index is -0.380. The second-order valence-electron chi connectivity index (χ2n) is 14.2. The Bertz CT molecular complexity index is 2890. The Morgan fingerprint density at radius 3 is 1.57 bits per heavy atom. The molecule has 0 unspecified atom stereocenters. The van der Waals surface area contributed by atoms with E-state index >= 15 is 0 Å². The van der Waals surface area contributed by atoms with E-state index < -0.39 is 0 Å². The molecule has 53 heavy (non-hydrogen) atoms. The van der Waals surface area contributed by atoms with Crippen LogP contribution in [0.5, 0.6) is 0 Å². The molecule has 0 radical (unpaired) electrons. The molecule has 9 aromatic rings. The van der Waals surface area contributed by atoms with Gasteiger partial charge in [0.25, 0.3) is 0 Å². The highest BCUT2D eigenvalue weighted by Crippen LogP contribution is 2.66. The number of hydrogen-bond acceptors (Lipinski definition) is 2. The summed E-state index contributed by atoms with van der Waals surface area (Å²) in [5.74, 6) is 0. The van der Waals surface area contributed by atoms with Crippen molar-refractivity contribution < 1.29 is 0 Å². The quantitative estimate of drug-likeness (QED) is 0.107. The number of nitrogens with one attached hydrogen (secondary N) is 1. The number of fused-ring (bicyclic) bond motifs is 17. The first-order valence-electron chi connectivity index (χ1n) is 18.2. The van der Waals surface area contributed by atoms with Gasteiger partial charge in [0, 0.05) is 16.8 Å². The van der Waals surface area contributed by atoms with Crippen LogP contribution in [0, 0.1) is 12.3 Å². The summed E-state index contributed by atoms with van der Waals surface area (Å²) in [6, 6.07) is 64.9. The molecule has 3 N–H and O–H groups in total. The fraction of sp³-hybridized carbons (Fsp3) is 0.0392. The van der Waals surface area contributed by atoms with Crippen LogP contribution >= 0.6 is 0 Å². The zero-order chi connectivity index (χ0) is 35.7. The van der Waals surface area contributed by atoms with Gasteiger partial charge in [-0.2, -0.15) is 0 Å². The molecule has 0 amide bonds. The van der Waals surface area contributed by atoms with E-state index in [1.54, 1.807) is 0 Å². The summed E-state index contributed by atoms with van der Waals surface area (Å²) in [5, 5.41) is 16.1. The van der Waals surface area contributed by atoms with Crippen LogP contribution in [-0.2, 0) is 5.41 Å². The van der Waals surface area contributed by atoms with Gasteiger partial charge in [0.2, 0.25) is 0 Å². The molecule has 0 aromatic heterocycles. The van der Waals surface area contributed by atoms with Crippen molar-refractivity contribution >= 4 is 43.7 Å². The minimum absolute atomic E-state index is 0.380. The zero-order valence-corrected chi connectivity index (χ0v) is 29.4. The molecule has 250 valence electrons. The second-order valence-corrected chi connectivity index (χ2v) is 14.2. The smallest absolute Gasteiger partial charge is 0.0737 e. The third-order valence-corrected chi connectivity index (χ3v) is 11.4. The van der Waals surface area contributed by atoms with Gasteiger partial charge in [-0.15, -0.1) is 0 Å². The van der Waals surface area contributed by atoms with Gasteiger partial charge in [-0.1, -0.05) is 176 Å². The molecular weight excluding hydrogens is 641 g/mol. The van der Waals surface area contributed by atoms with Crippen LogP contribution in [0.3, 0.4) is 0 Å². The van der Waals surface area contributed by atoms with Crippen LogP contribution in [0.2, 0.25) is 0 Å². The van der Waals surface area contributed by atoms with E-state index in [-0.39, 0.29) is 5.41 Å². The monoisotopic (exact) mass is 676 g/mol. The Hall–Kier alpha value is -6.77. The first-order valence-corrected chi connectivity index (χ1v) is 18.2. The van der Waals surface area contributed by atoms with Gasteiger partial charge in [-0.25, -0.2) is 0 Å². The topological polar surface area (TPSA) is 49.9 Å². The van der Waals surface area contributed by atoms with Gasteiger partial charge < -0.3 is 5.73 Å². The predicted molar refractivity (Wildman–Crippen MR) is 223 cm³/mol. The first kappa shape index (κ1) is 31.0. The Balaban J connectivity index is 0.000000197. The molecule has 0 aliphatic heterocycles. The number of rotatable bonds is 2. The molecule has 2 aliphatic rings. The molecule has 0 fully saturated rings. The maximum absolute atomic E-state index is 8.03. The maximum Gasteiger partial charge on any atom is 0.0737 e. The highest BCUT2D eigenvalue weighted by atomic mass is 14.6. The summed E-state index contributed by atoms with van der Waals surface area (Å²) < 4.78 is 0. The van der Waals surface area contributed by atoms with Gasteiger partial charge in [0.1, 0.15) is 0 Å². The summed E-state index contributed by atoms with van der Waals surface area (Å²) in [5.41, 5.74) is 20.7. The van der Waals surface area contributed by atoms with E-state index in [4.69, 9.17) is 11.1 Å². The van der Waals surface area contributed by atoms with Crippen molar-refractivity contribution in [1.29, 1.82) is 5.41 Å². The standard InChI is InChI=1S/C38H24.C13H12N2/c1-23-22-32-35-29-17-5-3-13-25(29)26-14-4-7-19-31(26)37(35)38(36(32)30-18-6-2-12-24(23)30)33-20-10-8-15-27(33)28-16-9-11-21-34(28)38;14-12-9-5-4-8-11(12)13(15)10-6-2-1-3-7-10/h2-22H,1H3;1-9,15H,14H2. The van der Waals surface area contributed by atoms with E-state index in [9.17, 15) is 0 Å². The fourth-order valence-electron chi connectivity index (χ4n) is 9.35. The summed E-state index contributed by atoms with van der Waals surface area (Å²) in [4.78, 5) is 0. The number of benzene rings is 9. The molecule has 0 bridgehead atoms. The number of para-hydroxylation sites is 1. The van der Waals surface area contributed by atoms with Gasteiger partial charge >= 0.3 is 0 Å². The van der Waals surface area contributed by atoms with Gasteiger partial charge in [-0.3, -0.25) is 5.41 Å². The van der Waals surface area contributed by atoms with Gasteiger partial charge in [0.05, 0.1) is 11.1 Å². The average Bonchev–Trinajstić information content (AvgIpc) is 3.69. The van der Waals surface area contributed by atoms with Crippen molar-refractivity contribution in [2.45, 2.75) is 12.3 Å². The van der Waals surface area contributed by atoms with Crippen molar-refractivity contribution in [2.75, 3.05) is 5.73 Å².